The molecule has 0 aromatic carbocycles. The standard InChI is InChI=1S/C70H126O56S7.7Na/c71-43-50(78)64-113-36(29-106-15-1-8-22-127(85,86)87)57(43)120-65-51(79)44(72)59(38(114-65)31-108-17-3-10-24-129(91,92)93)122-67-53(81)46(74)61(40(116-67)33-110-19-5-12-26-131(97,98)99)124-69-55(83)48(76)63(42(118-69)35-112-21-7-14-28-133(103,104)105)126-70-56(84)49(77)62(41(119-70)34-111-20-6-13-27-132(100,101)102)125-68-54(82)47(75)60(39(117-68)32-109-18-4-11-25-130(94,95)96)123-66-52(80)45(73)58(121-64)37(115-66)30-107-16-2-9-23-128(88,89)90;;;;;;;/h36-84H,1-35H2,(H,85,86,87)(H,88,89,90)(H,91,92,93)(H,94,95,96)(H,97,98,99)(H,100,101,102)(H,103,104,105);;;;;;;/q;7*+1/p-7/t36-,37-,38-,39-,40+,41+,42+,43+,44?,45+,46-,47+,48-,49-,50+,51+,52+,53-,54-,55-,56-,57+,58+,59+,60+,61+,62+,63+,64+,65+,66+,67+,68?,69+,70+;;;;;;;/m1......./s1. The Labute approximate surface area is 965 Å². The average Bonchev–Trinajstić information content (AvgIpc) is 0.796. The molecule has 784 valence electrons. The Morgan fingerprint density at radius 1 is 0.164 bits per heavy atom. The number of hydrogen-bond donors (Lipinski definition) is 14. The van der Waals surface area contributed by atoms with E-state index in [9.17, 15) is 162 Å². The van der Waals surface area contributed by atoms with Crippen molar-refractivity contribution in [2.45, 2.75) is 305 Å². The van der Waals surface area contributed by atoms with Crippen LogP contribution in [0.1, 0.15) is 89.9 Å². The molecule has 70 heteroatoms. The van der Waals surface area contributed by atoms with Crippen LogP contribution in [0.25, 0.3) is 0 Å². The minimum Gasteiger partial charge on any atom is -0.748 e. The van der Waals surface area contributed by atoms with Gasteiger partial charge in [0.1, 0.15) is 171 Å². The molecule has 0 aromatic heterocycles. The molecule has 14 bridgehead atoms. The molecule has 21 saturated heterocycles. The van der Waals surface area contributed by atoms with Crippen molar-refractivity contribution in [1.82, 2.24) is 0 Å². The smallest absolute Gasteiger partial charge is 0.748 e. The largest absolute Gasteiger partial charge is 1.00 e. The average molecular weight is 2240 g/mol. The third-order valence-corrected chi connectivity index (χ3v) is 27.6. The second-order valence-corrected chi connectivity index (χ2v) is 43.3. The van der Waals surface area contributed by atoms with Crippen molar-refractivity contribution < 1.29 is 469 Å². The van der Waals surface area contributed by atoms with E-state index in [2.05, 4.69) is 0 Å². The molecule has 35 atom stereocenters. The molecular weight excluding hydrogens is 2120 g/mol. The molecular formula is C70H119Na7O56S7. The molecule has 21 fully saturated rings. The number of rotatable bonds is 49. The number of hydrogen-bond acceptors (Lipinski definition) is 56. The van der Waals surface area contributed by atoms with Gasteiger partial charge in [-0.3, -0.25) is 0 Å². The monoisotopic (exact) mass is 2240 g/mol. The molecule has 21 rings (SSSR count). The topological polar surface area (TPSA) is 877 Å². The van der Waals surface area contributed by atoms with Crippen LogP contribution < -0.4 is 207 Å². The van der Waals surface area contributed by atoms with E-state index in [1.54, 1.807) is 0 Å². The van der Waals surface area contributed by atoms with Crippen molar-refractivity contribution in [2.75, 3.05) is 133 Å². The Morgan fingerprint density at radius 2 is 0.264 bits per heavy atom. The zero-order valence-electron chi connectivity index (χ0n) is 78.2. The Morgan fingerprint density at radius 3 is 0.357 bits per heavy atom. The normalized spacial score (nSPS) is 36.0. The molecule has 21 heterocycles. The second-order valence-electron chi connectivity index (χ2n) is 32.7. The predicted molar refractivity (Wildman–Crippen MR) is 421 cm³/mol. The zero-order valence-corrected chi connectivity index (χ0v) is 97.9. The van der Waals surface area contributed by atoms with Gasteiger partial charge >= 0.3 is 207 Å². The van der Waals surface area contributed by atoms with E-state index in [-0.39, 0.29) is 297 Å². The van der Waals surface area contributed by atoms with Crippen LogP contribution in [-0.2, 0) is 170 Å². The van der Waals surface area contributed by atoms with E-state index in [0.29, 0.717) is 0 Å². The second kappa shape index (κ2) is 68.0. The van der Waals surface area contributed by atoms with Crippen LogP contribution in [0.5, 0.6) is 0 Å². The number of ether oxygens (including phenoxy) is 21. The first kappa shape index (κ1) is 143. The molecule has 140 heavy (non-hydrogen) atoms. The minimum absolute atomic E-state index is 0. The fourth-order valence-corrected chi connectivity index (χ4v) is 19.0. The molecule has 0 saturated carbocycles. The maximum absolute atomic E-state index is 12.3. The summed E-state index contributed by atoms with van der Waals surface area (Å²) in [5, 5.41) is 171. The van der Waals surface area contributed by atoms with Gasteiger partial charge < -0.3 is 203 Å². The van der Waals surface area contributed by atoms with E-state index in [0.717, 1.165) is 0 Å². The summed E-state index contributed by atoms with van der Waals surface area (Å²) >= 11 is 0. The van der Waals surface area contributed by atoms with Gasteiger partial charge in [0, 0.05) is 86.5 Å². The van der Waals surface area contributed by atoms with Gasteiger partial charge in [0.25, 0.3) is 0 Å². The Balaban J connectivity index is 0.0000140. The van der Waals surface area contributed by atoms with Crippen molar-refractivity contribution in [3.05, 3.63) is 0 Å². The van der Waals surface area contributed by atoms with Gasteiger partial charge in [-0.15, -0.1) is 0 Å². The number of unbranched alkanes of at least 4 members (excludes halogenated alkanes) is 7. The Kier molecular flexibility index (Phi) is 69.5. The van der Waals surface area contributed by atoms with Gasteiger partial charge in [-0.2, -0.15) is 0 Å². The molecule has 21 aliphatic heterocycles. The SMILES string of the molecule is O=S(=O)([O-])CCCCOC[C@@H]1O[C@H]2O[C@@H]3[C@H](O)[C@@H](O)[C@H](O[C@@H]4[C@H](O)[C@@H](O)[C@@H](O[C@H]4COCCCCS(=O)(=O)[O-])O[C@@H]4C(O)[C@H](O)[C@H](O[C@@H]5[C@@H](O)[C@H](O)[C@H](O[C@@H]6[C@@H](O)[C@H](O)[C@H](O[C@@H]7[C@@H](O)[C@@H](O)C(O[C@@H]1[C@H](O)[C@H]2O)O[C@@H]7COCCCCS(=O)(=O)[O-])O[C@@H]6COCCCCS(=O)(=O)[O-])O[C@@H]5COCCCCS(=O)(=O)[O-])O[C@@H]4COCCCCS(=O)(=O)[O-])O[C@H]3COCCCCS(=O)(=O)[O-].[Na+].[Na+].[Na+].[Na+].[Na+].[Na+].[Na+]. The molecule has 0 radical (unpaired) electrons. The number of aliphatic hydroxyl groups is 14. The van der Waals surface area contributed by atoms with Crippen molar-refractivity contribution in [3.8, 4) is 0 Å². The summed E-state index contributed by atoms with van der Waals surface area (Å²) in [6.45, 7) is -8.85. The van der Waals surface area contributed by atoms with Gasteiger partial charge in [-0.05, 0) is 89.9 Å². The first-order valence-corrected chi connectivity index (χ1v) is 53.5. The zero-order chi connectivity index (χ0) is 98.3. The van der Waals surface area contributed by atoms with Crippen LogP contribution in [0.2, 0.25) is 0 Å². The van der Waals surface area contributed by atoms with Crippen LogP contribution in [-0.4, -0.2) is 510 Å². The fourth-order valence-electron chi connectivity index (χ4n) is 15.1. The third-order valence-electron chi connectivity index (χ3n) is 22.0. The van der Waals surface area contributed by atoms with Crippen molar-refractivity contribution in [3.63, 3.8) is 0 Å². The van der Waals surface area contributed by atoms with Gasteiger partial charge in [-0.25, -0.2) is 58.9 Å². The Bertz CT molecular complexity index is 3560. The third kappa shape index (κ3) is 48.8. The predicted octanol–water partition coefficient (Wildman–Crippen LogP) is -33.8. The minimum atomic E-state index is -4.78. The summed E-state index contributed by atoms with van der Waals surface area (Å²) in [5.74, 6) is -6.14. The van der Waals surface area contributed by atoms with Crippen LogP contribution in [0.4, 0.5) is 0 Å². The maximum Gasteiger partial charge on any atom is 1.00 e. The van der Waals surface area contributed by atoms with E-state index in [1.165, 1.54) is 0 Å². The molecule has 0 aliphatic carbocycles. The van der Waals surface area contributed by atoms with Gasteiger partial charge in [0.15, 0.2) is 44.0 Å². The maximum atomic E-state index is 12.3. The van der Waals surface area contributed by atoms with Crippen LogP contribution in [0.3, 0.4) is 0 Å². The van der Waals surface area contributed by atoms with Crippen molar-refractivity contribution in [1.29, 1.82) is 0 Å². The Hall–Kier alpha value is 4.97. The molecule has 21 aliphatic rings. The van der Waals surface area contributed by atoms with E-state index >= 15 is 0 Å². The first-order valence-electron chi connectivity index (χ1n) is 42.5. The summed E-state index contributed by atoms with van der Waals surface area (Å²) in [6.07, 6.45) is -82.0. The van der Waals surface area contributed by atoms with Crippen LogP contribution >= 0.6 is 0 Å². The summed E-state index contributed by atoms with van der Waals surface area (Å²) < 4.78 is 369. The van der Waals surface area contributed by atoms with Gasteiger partial charge in [-0.1, -0.05) is 0 Å². The molecule has 14 N–H and O–H groups in total. The number of aliphatic hydroxyl groups excluding tert-OH is 14. The van der Waals surface area contributed by atoms with Crippen LogP contribution in [0, 0.1) is 0 Å². The molecule has 2 unspecified atom stereocenters. The molecule has 0 amide bonds. The van der Waals surface area contributed by atoms with E-state index in [4.69, 9.17) is 99.5 Å². The first-order chi connectivity index (χ1) is 62.2. The van der Waals surface area contributed by atoms with Crippen molar-refractivity contribution >= 4 is 70.8 Å². The molecule has 0 aromatic rings. The molecule has 56 nitrogen and oxygen atoms in total. The van der Waals surface area contributed by atoms with Gasteiger partial charge in [0.05, 0.1) is 117 Å². The van der Waals surface area contributed by atoms with E-state index in [1.807, 2.05) is 0 Å². The summed E-state index contributed by atoms with van der Waals surface area (Å²) in [6, 6.07) is 0. The summed E-state index contributed by atoms with van der Waals surface area (Å²) in [5.41, 5.74) is 0. The quantitative estimate of drug-likeness (QED) is 0.0153. The van der Waals surface area contributed by atoms with E-state index < -0.39 is 419 Å². The van der Waals surface area contributed by atoms with Gasteiger partial charge in [0.2, 0.25) is 0 Å². The van der Waals surface area contributed by atoms with Crippen LogP contribution in [0.15, 0.2) is 0 Å². The molecule has 0 spiro atoms. The fraction of sp³-hybridized carbons (Fsp3) is 1.00. The van der Waals surface area contributed by atoms with Crippen molar-refractivity contribution in [2.24, 2.45) is 0 Å². The summed E-state index contributed by atoms with van der Waals surface area (Å²) in [7, 11) is -33.4. The summed E-state index contributed by atoms with van der Waals surface area (Å²) in [4.78, 5) is 0.